The van der Waals surface area contributed by atoms with Crippen molar-refractivity contribution < 1.29 is 28.7 Å². The lowest BCUT2D eigenvalue weighted by Gasteiger charge is -2.14. The molecule has 0 aliphatic rings. The predicted molar refractivity (Wildman–Crippen MR) is 120 cm³/mol. The smallest absolute Gasteiger partial charge is 0.328 e. The number of carbonyl (C=O) groups is 4. The topological polar surface area (TPSA) is 137 Å². The maximum Gasteiger partial charge on any atom is 0.328 e. The van der Waals surface area contributed by atoms with Gasteiger partial charge < -0.3 is 25.8 Å². The van der Waals surface area contributed by atoms with Gasteiger partial charge in [-0.25, -0.2) is 4.79 Å². The Morgan fingerprint density at radius 2 is 1.33 bits per heavy atom. The first-order valence-corrected chi connectivity index (χ1v) is 10.6. The van der Waals surface area contributed by atoms with Crippen LogP contribution in [0.5, 0.6) is 0 Å². The Hall–Kier alpha value is -3.72. The summed E-state index contributed by atoms with van der Waals surface area (Å²) in [6, 6.07) is 16.5. The maximum atomic E-state index is 12.0. The first-order chi connectivity index (χ1) is 15.8. The van der Waals surface area contributed by atoms with Crippen LogP contribution in [-0.2, 0) is 41.9 Å². The molecule has 0 unspecified atom stereocenters. The Morgan fingerprint density at radius 3 is 1.88 bits per heavy atom. The van der Waals surface area contributed by atoms with E-state index in [2.05, 4.69) is 10.6 Å². The van der Waals surface area contributed by atoms with Crippen molar-refractivity contribution in [2.45, 2.75) is 45.1 Å². The van der Waals surface area contributed by atoms with Crippen LogP contribution < -0.4 is 16.4 Å². The van der Waals surface area contributed by atoms with E-state index in [1.165, 1.54) is 6.92 Å². The van der Waals surface area contributed by atoms with Crippen molar-refractivity contribution in [3.8, 4) is 0 Å². The maximum absolute atomic E-state index is 12.0. The number of amides is 2. The summed E-state index contributed by atoms with van der Waals surface area (Å²) in [6.45, 7) is 1.38. The first-order valence-electron chi connectivity index (χ1n) is 10.6. The molecule has 176 valence electrons. The largest absolute Gasteiger partial charge is 0.460 e. The Bertz CT molecular complexity index is 920. The molecule has 2 aromatic rings. The average Bonchev–Trinajstić information content (AvgIpc) is 2.84. The van der Waals surface area contributed by atoms with Crippen LogP contribution in [0, 0.1) is 0 Å². The zero-order chi connectivity index (χ0) is 24.1. The van der Waals surface area contributed by atoms with Gasteiger partial charge in [-0.15, -0.1) is 0 Å². The summed E-state index contributed by atoms with van der Waals surface area (Å²) in [4.78, 5) is 47.8. The van der Waals surface area contributed by atoms with Crippen LogP contribution in [0.15, 0.2) is 60.7 Å². The minimum Gasteiger partial charge on any atom is -0.460 e. The Morgan fingerprint density at radius 1 is 0.818 bits per heavy atom. The average molecular weight is 456 g/mol. The molecule has 0 spiro atoms. The molecule has 33 heavy (non-hydrogen) atoms. The number of carbonyl (C=O) groups excluding carboxylic acids is 4. The molecular formula is C24H29N3O6. The van der Waals surface area contributed by atoms with Crippen molar-refractivity contribution >= 4 is 23.8 Å². The fourth-order valence-corrected chi connectivity index (χ4v) is 2.71. The molecule has 9 heteroatoms. The van der Waals surface area contributed by atoms with E-state index >= 15 is 0 Å². The molecule has 0 saturated heterocycles. The third kappa shape index (κ3) is 9.96. The number of ether oxygens (including phenoxy) is 2. The summed E-state index contributed by atoms with van der Waals surface area (Å²) < 4.78 is 10.3. The van der Waals surface area contributed by atoms with Crippen LogP contribution in [-0.4, -0.2) is 42.4 Å². The normalized spacial score (nSPS) is 12.2. The van der Waals surface area contributed by atoms with E-state index in [1.54, 1.807) is 0 Å². The summed E-state index contributed by atoms with van der Waals surface area (Å²) in [6.07, 6.45) is 0.0207. The van der Waals surface area contributed by atoms with Gasteiger partial charge in [0.2, 0.25) is 11.8 Å². The zero-order valence-electron chi connectivity index (χ0n) is 18.5. The molecule has 2 amide bonds. The number of rotatable bonds is 12. The minimum absolute atomic E-state index is 0.0520. The monoisotopic (exact) mass is 455 g/mol. The van der Waals surface area contributed by atoms with Crippen molar-refractivity contribution in [1.82, 2.24) is 10.6 Å². The van der Waals surface area contributed by atoms with Crippen LogP contribution >= 0.6 is 0 Å². The SMILES string of the molecule is C[C@@H](NC(=O)CNC(=O)CC[C@@H](N)C(=O)OCc1ccccc1)C(=O)OCc1ccccc1. The van der Waals surface area contributed by atoms with Gasteiger partial charge in [-0.2, -0.15) is 0 Å². The summed E-state index contributed by atoms with van der Waals surface area (Å²) >= 11 is 0. The van der Waals surface area contributed by atoms with Gasteiger partial charge in [0.25, 0.3) is 0 Å². The van der Waals surface area contributed by atoms with Gasteiger partial charge in [-0.3, -0.25) is 14.4 Å². The van der Waals surface area contributed by atoms with Crippen LogP contribution in [0.3, 0.4) is 0 Å². The second-order valence-corrected chi connectivity index (χ2v) is 7.40. The van der Waals surface area contributed by atoms with Crippen molar-refractivity contribution in [2.75, 3.05) is 6.54 Å². The molecule has 0 aliphatic carbocycles. The van der Waals surface area contributed by atoms with Crippen LogP contribution in [0.25, 0.3) is 0 Å². The van der Waals surface area contributed by atoms with E-state index in [0.29, 0.717) is 0 Å². The highest BCUT2D eigenvalue weighted by molar-refractivity contribution is 5.88. The van der Waals surface area contributed by atoms with E-state index in [-0.39, 0.29) is 32.6 Å². The van der Waals surface area contributed by atoms with Gasteiger partial charge in [0.05, 0.1) is 6.54 Å². The van der Waals surface area contributed by atoms with Gasteiger partial charge in [0.1, 0.15) is 25.3 Å². The van der Waals surface area contributed by atoms with E-state index < -0.39 is 35.8 Å². The van der Waals surface area contributed by atoms with Gasteiger partial charge in [0.15, 0.2) is 0 Å². The van der Waals surface area contributed by atoms with Gasteiger partial charge in [-0.05, 0) is 24.5 Å². The van der Waals surface area contributed by atoms with Gasteiger partial charge >= 0.3 is 11.9 Å². The molecule has 0 saturated carbocycles. The molecule has 9 nitrogen and oxygen atoms in total. The fourth-order valence-electron chi connectivity index (χ4n) is 2.71. The van der Waals surface area contributed by atoms with E-state index in [4.69, 9.17) is 15.2 Å². The summed E-state index contributed by atoms with van der Waals surface area (Å²) in [7, 11) is 0. The quantitative estimate of drug-likeness (QED) is 0.409. The lowest BCUT2D eigenvalue weighted by molar-refractivity contribution is -0.148. The molecule has 0 aromatic heterocycles. The molecule has 0 heterocycles. The zero-order valence-corrected chi connectivity index (χ0v) is 18.5. The van der Waals surface area contributed by atoms with Gasteiger partial charge in [-0.1, -0.05) is 60.7 Å². The Labute approximate surface area is 192 Å². The first kappa shape index (κ1) is 25.5. The molecule has 0 radical (unpaired) electrons. The summed E-state index contributed by atoms with van der Waals surface area (Å²) in [5.41, 5.74) is 7.44. The molecule has 0 aliphatic heterocycles. The molecule has 4 N–H and O–H groups in total. The lowest BCUT2D eigenvalue weighted by Crippen LogP contribution is -2.44. The van der Waals surface area contributed by atoms with Crippen molar-refractivity contribution in [3.63, 3.8) is 0 Å². The fraction of sp³-hybridized carbons (Fsp3) is 0.333. The molecule has 0 fully saturated rings. The number of hydrogen-bond acceptors (Lipinski definition) is 7. The summed E-state index contributed by atoms with van der Waals surface area (Å²) in [5, 5.41) is 4.89. The van der Waals surface area contributed by atoms with E-state index in [0.717, 1.165) is 11.1 Å². The molecule has 2 atom stereocenters. The molecule has 2 rings (SSSR count). The minimum atomic E-state index is -0.951. The molecule has 2 aromatic carbocycles. The third-order valence-electron chi connectivity index (χ3n) is 4.61. The Kier molecular flexibility index (Phi) is 10.6. The highest BCUT2D eigenvalue weighted by Crippen LogP contribution is 2.04. The van der Waals surface area contributed by atoms with E-state index in [9.17, 15) is 19.2 Å². The van der Waals surface area contributed by atoms with Crippen molar-refractivity contribution in [3.05, 3.63) is 71.8 Å². The standard InChI is InChI=1S/C24H29N3O6/c1-17(23(30)32-15-18-8-4-2-5-9-18)27-22(29)14-26-21(28)13-12-20(25)24(31)33-16-19-10-6-3-7-11-19/h2-11,17,20H,12-16,25H2,1H3,(H,26,28)(H,27,29)/t17-,20-/m1/s1. The highest BCUT2D eigenvalue weighted by atomic mass is 16.5. The Balaban J connectivity index is 1.60. The van der Waals surface area contributed by atoms with E-state index in [1.807, 2.05) is 60.7 Å². The highest BCUT2D eigenvalue weighted by Gasteiger charge is 2.19. The number of benzene rings is 2. The van der Waals surface area contributed by atoms with Crippen molar-refractivity contribution in [2.24, 2.45) is 5.73 Å². The number of nitrogens with one attached hydrogen (secondary N) is 2. The molecule has 0 bridgehead atoms. The van der Waals surface area contributed by atoms with Crippen LogP contribution in [0.2, 0.25) is 0 Å². The lowest BCUT2D eigenvalue weighted by atomic mass is 10.1. The number of esters is 2. The van der Waals surface area contributed by atoms with Gasteiger partial charge in [0, 0.05) is 6.42 Å². The second kappa shape index (κ2) is 13.6. The predicted octanol–water partition coefficient (Wildman–Crippen LogP) is 1.20. The third-order valence-corrected chi connectivity index (χ3v) is 4.61. The second-order valence-electron chi connectivity index (χ2n) is 7.40. The summed E-state index contributed by atoms with van der Waals surface area (Å²) in [5.74, 6) is -2.18. The number of hydrogen-bond donors (Lipinski definition) is 3. The number of nitrogens with two attached hydrogens (primary N) is 1. The van der Waals surface area contributed by atoms with Crippen molar-refractivity contribution in [1.29, 1.82) is 0 Å². The van der Waals surface area contributed by atoms with Crippen LogP contribution in [0.4, 0.5) is 0 Å². The molecular weight excluding hydrogens is 426 g/mol. The van der Waals surface area contributed by atoms with Crippen LogP contribution in [0.1, 0.15) is 30.9 Å².